The molecule has 1 aliphatic heterocycles. The highest BCUT2D eigenvalue weighted by Crippen LogP contribution is 2.22. The third-order valence-electron chi connectivity index (χ3n) is 3.64. The maximum absolute atomic E-state index is 11.0. The standard InChI is InChI=1S/C15H22N2O2/c1-2-14(15(18)19)16-12-6-8-13(9-7-12)17-10-4-3-5-11-17/h6-9,14,16H,2-5,10-11H2,1H3,(H,18,19). The summed E-state index contributed by atoms with van der Waals surface area (Å²) >= 11 is 0. The quantitative estimate of drug-likeness (QED) is 0.856. The van der Waals surface area contributed by atoms with Crippen LogP contribution < -0.4 is 10.2 Å². The second kappa shape index (κ2) is 6.45. The molecule has 1 fully saturated rings. The summed E-state index contributed by atoms with van der Waals surface area (Å²) in [5, 5.41) is 12.1. The highest BCUT2D eigenvalue weighted by Gasteiger charge is 2.15. The molecule has 4 heteroatoms. The van der Waals surface area contributed by atoms with Crippen molar-refractivity contribution in [2.75, 3.05) is 23.3 Å². The fourth-order valence-electron chi connectivity index (χ4n) is 2.46. The Kier molecular flexibility index (Phi) is 4.66. The van der Waals surface area contributed by atoms with Crippen molar-refractivity contribution in [1.29, 1.82) is 0 Å². The number of anilines is 2. The fraction of sp³-hybridized carbons (Fsp3) is 0.533. The SMILES string of the molecule is CCC(Nc1ccc(N2CCCCC2)cc1)C(=O)O. The summed E-state index contributed by atoms with van der Waals surface area (Å²) in [7, 11) is 0. The van der Waals surface area contributed by atoms with E-state index in [1.165, 1.54) is 24.9 Å². The van der Waals surface area contributed by atoms with E-state index < -0.39 is 12.0 Å². The summed E-state index contributed by atoms with van der Waals surface area (Å²) in [6, 6.07) is 7.57. The molecule has 0 radical (unpaired) electrons. The summed E-state index contributed by atoms with van der Waals surface area (Å²) in [6.07, 6.45) is 4.42. The Hall–Kier alpha value is -1.71. The first-order valence-electron chi connectivity index (χ1n) is 7.05. The number of aliphatic carboxylic acids is 1. The average molecular weight is 262 g/mol. The summed E-state index contributed by atoms with van der Waals surface area (Å²) < 4.78 is 0. The van der Waals surface area contributed by atoms with Crippen LogP contribution in [0.5, 0.6) is 0 Å². The van der Waals surface area contributed by atoms with E-state index >= 15 is 0 Å². The van der Waals surface area contributed by atoms with Gasteiger partial charge < -0.3 is 15.3 Å². The van der Waals surface area contributed by atoms with Gasteiger partial charge in [-0.15, -0.1) is 0 Å². The summed E-state index contributed by atoms with van der Waals surface area (Å²) in [5.74, 6) is -0.803. The van der Waals surface area contributed by atoms with Gasteiger partial charge in [0.2, 0.25) is 0 Å². The van der Waals surface area contributed by atoms with Crippen molar-refractivity contribution in [3.05, 3.63) is 24.3 Å². The summed E-state index contributed by atoms with van der Waals surface area (Å²) in [4.78, 5) is 13.4. The van der Waals surface area contributed by atoms with E-state index in [4.69, 9.17) is 5.11 Å². The minimum atomic E-state index is -0.803. The molecule has 1 heterocycles. The van der Waals surface area contributed by atoms with Gasteiger partial charge in [0.15, 0.2) is 0 Å². The number of rotatable bonds is 5. The van der Waals surface area contributed by atoms with Crippen molar-refractivity contribution in [1.82, 2.24) is 0 Å². The lowest BCUT2D eigenvalue weighted by atomic mass is 10.1. The molecule has 0 bridgehead atoms. The van der Waals surface area contributed by atoms with Gasteiger partial charge in [-0.3, -0.25) is 0 Å². The van der Waals surface area contributed by atoms with E-state index in [1.54, 1.807) is 0 Å². The molecule has 0 spiro atoms. The van der Waals surface area contributed by atoms with E-state index in [0.29, 0.717) is 6.42 Å². The molecule has 1 aromatic carbocycles. The predicted octanol–water partition coefficient (Wildman–Crippen LogP) is 2.95. The molecular weight excluding hydrogens is 240 g/mol. The molecule has 1 aromatic rings. The highest BCUT2D eigenvalue weighted by atomic mass is 16.4. The molecule has 1 atom stereocenters. The van der Waals surface area contributed by atoms with Crippen molar-refractivity contribution in [3.63, 3.8) is 0 Å². The maximum Gasteiger partial charge on any atom is 0.326 e. The number of piperidine rings is 1. The Morgan fingerprint density at radius 1 is 1.26 bits per heavy atom. The number of hydrogen-bond donors (Lipinski definition) is 2. The molecule has 2 rings (SSSR count). The first kappa shape index (κ1) is 13.7. The third kappa shape index (κ3) is 3.63. The lowest BCUT2D eigenvalue weighted by Crippen LogP contribution is -2.29. The number of nitrogens with zero attached hydrogens (tertiary/aromatic N) is 1. The van der Waals surface area contributed by atoms with Crippen LogP contribution in [0.15, 0.2) is 24.3 Å². The van der Waals surface area contributed by atoms with E-state index in [1.807, 2.05) is 19.1 Å². The van der Waals surface area contributed by atoms with Crippen LogP contribution >= 0.6 is 0 Å². The lowest BCUT2D eigenvalue weighted by Gasteiger charge is -2.29. The van der Waals surface area contributed by atoms with Gasteiger partial charge in [-0.1, -0.05) is 6.92 Å². The molecule has 1 aliphatic rings. The molecule has 0 amide bonds. The van der Waals surface area contributed by atoms with E-state index in [9.17, 15) is 4.79 Å². The lowest BCUT2D eigenvalue weighted by molar-refractivity contribution is -0.137. The monoisotopic (exact) mass is 262 g/mol. The van der Waals surface area contributed by atoms with E-state index in [0.717, 1.165) is 18.8 Å². The van der Waals surface area contributed by atoms with Gasteiger partial charge in [-0.05, 0) is 49.9 Å². The molecule has 2 N–H and O–H groups in total. The Morgan fingerprint density at radius 3 is 2.42 bits per heavy atom. The maximum atomic E-state index is 11.0. The molecular formula is C15H22N2O2. The molecule has 0 aliphatic carbocycles. The Labute approximate surface area is 114 Å². The van der Waals surface area contributed by atoms with E-state index in [-0.39, 0.29) is 0 Å². The van der Waals surface area contributed by atoms with Gasteiger partial charge >= 0.3 is 5.97 Å². The minimum Gasteiger partial charge on any atom is -0.480 e. The van der Waals surface area contributed by atoms with Crippen LogP contribution in [-0.2, 0) is 4.79 Å². The number of carboxylic acids is 1. The van der Waals surface area contributed by atoms with Gasteiger partial charge in [0.05, 0.1) is 0 Å². The van der Waals surface area contributed by atoms with Crippen molar-refractivity contribution in [2.45, 2.75) is 38.6 Å². The van der Waals surface area contributed by atoms with Crippen LogP contribution in [0.2, 0.25) is 0 Å². The van der Waals surface area contributed by atoms with Gasteiger partial charge in [-0.2, -0.15) is 0 Å². The van der Waals surface area contributed by atoms with Crippen LogP contribution in [0.4, 0.5) is 11.4 Å². The first-order chi connectivity index (χ1) is 9.20. The second-order valence-corrected chi connectivity index (χ2v) is 5.04. The van der Waals surface area contributed by atoms with Crippen LogP contribution in [0.25, 0.3) is 0 Å². The predicted molar refractivity (Wildman–Crippen MR) is 77.8 cm³/mol. The normalized spacial score (nSPS) is 17.0. The second-order valence-electron chi connectivity index (χ2n) is 5.04. The molecule has 4 nitrogen and oxygen atoms in total. The van der Waals surface area contributed by atoms with E-state index in [2.05, 4.69) is 22.3 Å². The van der Waals surface area contributed by atoms with Crippen LogP contribution in [0, 0.1) is 0 Å². The Balaban J connectivity index is 1.99. The number of carbonyl (C=O) groups is 1. The molecule has 0 aromatic heterocycles. The van der Waals surface area contributed by atoms with Gasteiger partial charge in [0.1, 0.15) is 6.04 Å². The highest BCUT2D eigenvalue weighted by molar-refractivity contribution is 5.77. The zero-order valence-corrected chi connectivity index (χ0v) is 11.4. The van der Waals surface area contributed by atoms with Crippen molar-refractivity contribution < 1.29 is 9.90 Å². The zero-order valence-electron chi connectivity index (χ0n) is 11.4. The van der Waals surface area contributed by atoms with Gasteiger partial charge in [0.25, 0.3) is 0 Å². The minimum absolute atomic E-state index is 0.513. The number of nitrogens with one attached hydrogen (secondary N) is 1. The van der Waals surface area contributed by atoms with Crippen LogP contribution in [0.1, 0.15) is 32.6 Å². The third-order valence-corrected chi connectivity index (χ3v) is 3.64. The van der Waals surface area contributed by atoms with Gasteiger partial charge in [0, 0.05) is 24.5 Å². The summed E-state index contributed by atoms with van der Waals surface area (Å²) in [5.41, 5.74) is 2.10. The smallest absolute Gasteiger partial charge is 0.326 e. The molecule has 104 valence electrons. The number of carboxylic acid groups (broad SMARTS) is 1. The average Bonchev–Trinajstić information content (AvgIpc) is 2.46. The zero-order chi connectivity index (χ0) is 13.7. The number of benzene rings is 1. The Morgan fingerprint density at radius 2 is 1.89 bits per heavy atom. The van der Waals surface area contributed by atoms with Crippen molar-refractivity contribution in [3.8, 4) is 0 Å². The van der Waals surface area contributed by atoms with Gasteiger partial charge in [-0.25, -0.2) is 4.79 Å². The number of hydrogen-bond acceptors (Lipinski definition) is 3. The van der Waals surface area contributed by atoms with Crippen LogP contribution in [0.3, 0.4) is 0 Å². The van der Waals surface area contributed by atoms with Crippen molar-refractivity contribution in [2.24, 2.45) is 0 Å². The molecule has 1 saturated heterocycles. The molecule has 1 unspecified atom stereocenters. The first-order valence-corrected chi connectivity index (χ1v) is 7.05. The topological polar surface area (TPSA) is 52.6 Å². The summed E-state index contributed by atoms with van der Waals surface area (Å²) in [6.45, 7) is 4.12. The van der Waals surface area contributed by atoms with Crippen LogP contribution in [-0.4, -0.2) is 30.2 Å². The fourth-order valence-corrected chi connectivity index (χ4v) is 2.46. The molecule has 0 saturated carbocycles. The molecule has 19 heavy (non-hydrogen) atoms. The van der Waals surface area contributed by atoms with Crippen molar-refractivity contribution >= 4 is 17.3 Å². The largest absolute Gasteiger partial charge is 0.480 e. The Bertz CT molecular complexity index is 411.